The van der Waals surface area contributed by atoms with Crippen molar-refractivity contribution in [2.75, 3.05) is 19.2 Å². The fraction of sp³-hybridized carbons (Fsp3) is 0.235. The molecule has 0 aliphatic carbocycles. The number of para-hydroxylation sites is 1. The molecule has 5 nitrogen and oxygen atoms in total. The molecule has 1 N–H and O–H groups in total. The van der Waals surface area contributed by atoms with Crippen molar-refractivity contribution in [3.8, 4) is 5.75 Å². The second-order valence-corrected chi connectivity index (χ2v) is 5.04. The molecule has 120 valence electrons. The van der Waals surface area contributed by atoms with E-state index in [1.807, 2.05) is 6.07 Å². The van der Waals surface area contributed by atoms with Crippen LogP contribution < -0.4 is 10.1 Å². The molecule has 0 radical (unpaired) electrons. The number of benzene rings is 2. The van der Waals surface area contributed by atoms with Crippen molar-refractivity contribution in [1.29, 1.82) is 0 Å². The van der Waals surface area contributed by atoms with Gasteiger partial charge >= 0.3 is 5.97 Å². The first-order chi connectivity index (χ1) is 11.2. The standard InChI is InChI=1S/C17H16FNO4/c1-19-15-5-3-2-4-14(15)17(20)22-9-12-7-13(18)6-11-8-21-10-23-16(11)12/h2-7,19H,8-10H2,1H3. The van der Waals surface area contributed by atoms with Gasteiger partial charge in [0.1, 0.15) is 18.2 Å². The quantitative estimate of drug-likeness (QED) is 0.878. The molecule has 0 saturated heterocycles. The first-order valence-electron chi connectivity index (χ1n) is 7.15. The Bertz CT molecular complexity index is 733. The van der Waals surface area contributed by atoms with Gasteiger partial charge in [0.15, 0.2) is 6.79 Å². The largest absolute Gasteiger partial charge is 0.467 e. The molecule has 0 aromatic heterocycles. The molecule has 0 bridgehead atoms. The summed E-state index contributed by atoms with van der Waals surface area (Å²) in [4.78, 5) is 12.2. The van der Waals surface area contributed by atoms with Crippen LogP contribution in [0.25, 0.3) is 0 Å². The van der Waals surface area contributed by atoms with Crippen molar-refractivity contribution in [3.05, 3.63) is 58.9 Å². The Hall–Kier alpha value is -2.60. The van der Waals surface area contributed by atoms with Gasteiger partial charge in [-0.2, -0.15) is 0 Å². The van der Waals surface area contributed by atoms with Gasteiger partial charge < -0.3 is 19.5 Å². The third kappa shape index (κ3) is 3.27. The van der Waals surface area contributed by atoms with Crippen LogP contribution in [0.15, 0.2) is 36.4 Å². The third-order valence-electron chi connectivity index (χ3n) is 3.53. The first kappa shape index (κ1) is 15.3. The van der Waals surface area contributed by atoms with Crippen LogP contribution in [0.2, 0.25) is 0 Å². The van der Waals surface area contributed by atoms with Crippen LogP contribution in [0.3, 0.4) is 0 Å². The number of ether oxygens (including phenoxy) is 3. The molecular formula is C17H16FNO4. The van der Waals surface area contributed by atoms with Crippen molar-refractivity contribution < 1.29 is 23.4 Å². The smallest absolute Gasteiger partial charge is 0.340 e. The zero-order chi connectivity index (χ0) is 16.2. The van der Waals surface area contributed by atoms with Crippen molar-refractivity contribution in [3.63, 3.8) is 0 Å². The summed E-state index contributed by atoms with van der Waals surface area (Å²) in [7, 11) is 1.73. The normalized spacial score (nSPS) is 13.0. The number of carbonyl (C=O) groups excluding carboxylic acids is 1. The fourth-order valence-corrected chi connectivity index (χ4v) is 2.46. The number of carbonyl (C=O) groups is 1. The lowest BCUT2D eigenvalue weighted by Crippen LogP contribution is -2.15. The number of nitrogens with one attached hydrogen (secondary N) is 1. The summed E-state index contributed by atoms with van der Waals surface area (Å²) < 4.78 is 29.5. The molecule has 0 fully saturated rings. The molecule has 0 amide bonds. The Morgan fingerprint density at radius 2 is 2.17 bits per heavy atom. The first-order valence-corrected chi connectivity index (χ1v) is 7.15. The molecule has 1 aliphatic heterocycles. The van der Waals surface area contributed by atoms with Gasteiger partial charge in [-0.3, -0.25) is 0 Å². The van der Waals surface area contributed by atoms with Crippen LogP contribution in [0.5, 0.6) is 5.75 Å². The Labute approximate surface area is 133 Å². The number of anilines is 1. The predicted molar refractivity (Wildman–Crippen MR) is 81.8 cm³/mol. The summed E-state index contributed by atoms with van der Waals surface area (Å²) in [6.07, 6.45) is 0. The van der Waals surface area contributed by atoms with Crippen molar-refractivity contribution in [1.82, 2.24) is 0 Å². The van der Waals surface area contributed by atoms with Gasteiger partial charge in [0.2, 0.25) is 0 Å². The minimum absolute atomic E-state index is 0.0724. The Balaban J connectivity index is 1.78. The molecule has 3 rings (SSSR count). The van der Waals surface area contributed by atoms with Crippen LogP contribution in [-0.2, 0) is 22.7 Å². The number of fused-ring (bicyclic) bond motifs is 1. The van der Waals surface area contributed by atoms with Gasteiger partial charge in [-0.25, -0.2) is 9.18 Å². The van der Waals surface area contributed by atoms with Crippen LogP contribution in [0.1, 0.15) is 21.5 Å². The van der Waals surface area contributed by atoms with Crippen LogP contribution >= 0.6 is 0 Å². The molecule has 2 aromatic rings. The van der Waals surface area contributed by atoms with E-state index >= 15 is 0 Å². The van der Waals surface area contributed by atoms with Gasteiger partial charge in [0, 0.05) is 23.9 Å². The van der Waals surface area contributed by atoms with Crippen LogP contribution in [0.4, 0.5) is 10.1 Å². The highest BCUT2D eigenvalue weighted by Crippen LogP contribution is 2.30. The van der Waals surface area contributed by atoms with Gasteiger partial charge in [-0.15, -0.1) is 0 Å². The van der Waals surface area contributed by atoms with Gasteiger partial charge in [-0.05, 0) is 24.3 Å². The second-order valence-electron chi connectivity index (χ2n) is 5.04. The maximum atomic E-state index is 13.7. The summed E-state index contributed by atoms with van der Waals surface area (Å²) in [5, 5.41) is 2.93. The summed E-state index contributed by atoms with van der Waals surface area (Å²) in [6.45, 7) is 0.301. The highest BCUT2D eigenvalue weighted by Gasteiger charge is 2.19. The Kier molecular flexibility index (Phi) is 4.43. The van der Waals surface area contributed by atoms with Crippen molar-refractivity contribution in [2.45, 2.75) is 13.2 Å². The monoisotopic (exact) mass is 317 g/mol. The summed E-state index contributed by atoms with van der Waals surface area (Å²) in [6, 6.07) is 9.68. The van der Waals surface area contributed by atoms with Crippen molar-refractivity contribution in [2.24, 2.45) is 0 Å². The molecule has 0 saturated carbocycles. The maximum absolute atomic E-state index is 13.7. The number of hydrogen-bond donors (Lipinski definition) is 1. The molecule has 0 atom stereocenters. The van der Waals surface area contributed by atoms with Crippen LogP contribution in [-0.4, -0.2) is 19.8 Å². The number of hydrogen-bond acceptors (Lipinski definition) is 5. The minimum Gasteiger partial charge on any atom is -0.467 e. The highest BCUT2D eigenvalue weighted by molar-refractivity contribution is 5.95. The molecule has 1 heterocycles. The Morgan fingerprint density at radius 1 is 1.35 bits per heavy atom. The highest BCUT2D eigenvalue weighted by atomic mass is 19.1. The molecule has 1 aliphatic rings. The number of rotatable bonds is 4. The van der Waals surface area contributed by atoms with Gasteiger partial charge in [0.25, 0.3) is 0 Å². The molecule has 2 aromatic carbocycles. The topological polar surface area (TPSA) is 56.8 Å². The van der Waals surface area contributed by atoms with Gasteiger partial charge in [-0.1, -0.05) is 12.1 Å². The Morgan fingerprint density at radius 3 is 3.00 bits per heavy atom. The lowest BCUT2D eigenvalue weighted by atomic mass is 10.1. The summed E-state index contributed by atoms with van der Waals surface area (Å²) in [5.41, 5.74) is 2.18. The molecule has 6 heteroatoms. The number of halogens is 1. The van der Waals surface area contributed by atoms with E-state index in [0.29, 0.717) is 28.1 Å². The van der Waals surface area contributed by atoms with E-state index in [1.54, 1.807) is 25.2 Å². The summed E-state index contributed by atoms with van der Waals surface area (Å²) >= 11 is 0. The van der Waals surface area contributed by atoms with E-state index in [2.05, 4.69) is 5.32 Å². The van der Waals surface area contributed by atoms with Crippen molar-refractivity contribution >= 4 is 11.7 Å². The zero-order valence-corrected chi connectivity index (χ0v) is 12.6. The summed E-state index contributed by atoms with van der Waals surface area (Å²) in [5.74, 6) is -0.383. The van der Waals surface area contributed by atoms with E-state index in [0.717, 1.165) is 0 Å². The van der Waals surface area contributed by atoms with Gasteiger partial charge in [0.05, 0.1) is 12.2 Å². The lowest BCUT2D eigenvalue weighted by Gasteiger charge is -2.20. The average Bonchev–Trinajstić information content (AvgIpc) is 2.59. The third-order valence-corrected chi connectivity index (χ3v) is 3.53. The van der Waals surface area contributed by atoms with Crippen LogP contribution in [0, 0.1) is 5.82 Å². The lowest BCUT2D eigenvalue weighted by molar-refractivity contribution is -0.0182. The van der Waals surface area contributed by atoms with E-state index in [1.165, 1.54) is 12.1 Å². The molecule has 23 heavy (non-hydrogen) atoms. The van der Waals surface area contributed by atoms with E-state index in [-0.39, 0.29) is 20.0 Å². The van der Waals surface area contributed by atoms with E-state index in [9.17, 15) is 9.18 Å². The zero-order valence-electron chi connectivity index (χ0n) is 12.6. The average molecular weight is 317 g/mol. The molecule has 0 unspecified atom stereocenters. The maximum Gasteiger partial charge on any atom is 0.340 e. The SMILES string of the molecule is CNc1ccccc1C(=O)OCc1cc(F)cc2c1OCOC2. The molecular weight excluding hydrogens is 301 g/mol. The predicted octanol–water partition coefficient (Wildman–Crippen LogP) is 3.09. The minimum atomic E-state index is -0.486. The van der Waals surface area contributed by atoms with E-state index < -0.39 is 11.8 Å². The number of esters is 1. The second kappa shape index (κ2) is 6.66. The van der Waals surface area contributed by atoms with E-state index in [4.69, 9.17) is 14.2 Å². The fourth-order valence-electron chi connectivity index (χ4n) is 2.46. The molecule has 0 spiro atoms.